The first-order chi connectivity index (χ1) is 11.4. The lowest BCUT2D eigenvalue weighted by Crippen LogP contribution is -2.53. The van der Waals surface area contributed by atoms with Crippen molar-refractivity contribution in [1.82, 2.24) is 24.5 Å². The molecule has 0 unspecified atom stereocenters. The Morgan fingerprint density at radius 1 is 1.29 bits per heavy atom. The maximum atomic E-state index is 12.4. The van der Waals surface area contributed by atoms with Gasteiger partial charge in [0.05, 0.1) is 39.2 Å². The van der Waals surface area contributed by atoms with Crippen LogP contribution in [0.1, 0.15) is 13.8 Å². The fourth-order valence-corrected chi connectivity index (χ4v) is 3.54. The van der Waals surface area contributed by atoms with Gasteiger partial charge in [0.15, 0.2) is 0 Å². The van der Waals surface area contributed by atoms with E-state index < -0.39 is 19.0 Å². The highest BCUT2D eigenvalue weighted by molar-refractivity contribution is 7.53. The summed E-state index contributed by atoms with van der Waals surface area (Å²) in [5.74, 6) is 0.231. The Morgan fingerprint density at radius 3 is 2.58 bits per heavy atom. The summed E-state index contributed by atoms with van der Waals surface area (Å²) < 4.78 is 26.6. The number of H-pyrrole nitrogens is 1. The van der Waals surface area contributed by atoms with Gasteiger partial charge in [-0.05, 0) is 13.8 Å². The van der Waals surface area contributed by atoms with Crippen LogP contribution in [0.25, 0.3) is 5.82 Å². The molecular weight excluding hydrogens is 339 g/mol. The van der Waals surface area contributed by atoms with Crippen molar-refractivity contribution in [2.75, 3.05) is 19.4 Å². The molecule has 2 heterocycles. The minimum absolute atomic E-state index is 0.131. The second-order valence-electron chi connectivity index (χ2n) is 4.84. The van der Waals surface area contributed by atoms with Gasteiger partial charge in [-0.1, -0.05) is 10.3 Å². The Kier molecular flexibility index (Phi) is 5.81. The van der Waals surface area contributed by atoms with Gasteiger partial charge in [-0.15, -0.1) is 4.57 Å². The van der Waals surface area contributed by atoms with Crippen molar-refractivity contribution in [1.29, 1.82) is 0 Å². The smallest absolute Gasteiger partial charge is 0.309 e. The fourth-order valence-electron chi connectivity index (χ4n) is 1.97. The van der Waals surface area contributed by atoms with Crippen molar-refractivity contribution in [2.45, 2.75) is 20.4 Å². The van der Waals surface area contributed by atoms with Crippen molar-refractivity contribution in [3.8, 4) is 5.82 Å². The third-order valence-electron chi connectivity index (χ3n) is 3.07. The zero-order chi connectivity index (χ0) is 17.7. The lowest BCUT2D eigenvalue weighted by molar-refractivity contribution is -0.693. The van der Waals surface area contributed by atoms with Crippen LogP contribution in [0.5, 0.6) is 0 Å². The van der Waals surface area contributed by atoms with Crippen LogP contribution in [0.3, 0.4) is 0 Å². The number of rotatable bonds is 8. The molecule has 0 atom stereocenters. The molecule has 0 saturated heterocycles. The van der Waals surface area contributed by atoms with Gasteiger partial charge >= 0.3 is 19.0 Å². The van der Waals surface area contributed by atoms with Gasteiger partial charge in [0.25, 0.3) is 0 Å². The van der Waals surface area contributed by atoms with Crippen LogP contribution in [0, 0.1) is 0 Å². The Bertz CT molecular complexity index is 846. The topological polar surface area (TPSA) is 125 Å². The highest BCUT2D eigenvalue weighted by Crippen LogP contribution is 2.47. The zero-order valence-electron chi connectivity index (χ0n) is 13.7. The maximum absolute atomic E-state index is 12.4. The number of aromatic amines is 1. The van der Waals surface area contributed by atoms with Gasteiger partial charge in [-0.3, -0.25) is 4.57 Å². The Balaban J connectivity index is 2.17. The summed E-state index contributed by atoms with van der Waals surface area (Å²) in [5, 5.41) is 7.76. The number of hydrogen-bond acceptors (Lipinski definition) is 7. The molecule has 24 heavy (non-hydrogen) atoms. The van der Waals surface area contributed by atoms with E-state index in [4.69, 9.17) is 9.05 Å². The summed E-state index contributed by atoms with van der Waals surface area (Å²) >= 11 is 0. The number of aromatic nitrogens is 6. The molecule has 2 aromatic rings. The largest absolute Gasteiger partial charge is 0.452 e. The lowest BCUT2D eigenvalue weighted by atomic mass is 10.6. The average Bonchev–Trinajstić information content (AvgIpc) is 2.98. The second kappa shape index (κ2) is 7.65. The number of nitrogens with zero attached hydrogens (tertiary/aromatic N) is 5. The highest BCUT2D eigenvalue weighted by Gasteiger charge is 2.24. The Morgan fingerprint density at radius 2 is 1.96 bits per heavy atom. The quantitative estimate of drug-likeness (QED) is 0.483. The molecule has 11 nitrogen and oxygen atoms in total. The summed E-state index contributed by atoms with van der Waals surface area (Å²) in [6, 6.07) is 0. The number of hydrogen-bond donors (Lipinski definition) is 1. The van der Waals surface area contributed by atoms with E-state index in [0.29, 0.717) is 0 Å². The van der Waals surface area contributed by atoms with Gasteiger partial charge in [-0.2, -0.15) is 4.98 Å². The van der Waals surface area contributed by atoms with Crippen LogP contribution in [0.15, 0.2) is 22.1 Å². The van der Waals surface area contributed by atoms with Crippen molar-refractivity contribution in [3.05, 3.63) is 33.5 Å². The zero-order valence-corrected chi connectivity index (χ0v) is 14.6. The van der Waals surface area contributed by atoms with E-state index in [0.717, 1.165) is 4.57 Å². The Labute approximate surface area is 137 Å². The van der Waals surface area contributed by atoms with Gasteiger partial charge in [0.1, 0.15) is 0 Å². The summed E-state index contributed by atoms with van der Waals surface area (Å²) in [7, 11) is -1.68. The predicted octanol–water partition coefficient (Wildman–Crippen LogP) is -0.792. The third kappa shape index (κ3) is 4.25. The molecule has 12 heteroatoms. The van der Waals surface area contributed by atoms with Gasteiger partial charge in [-0.25, -0.2) is 18.8 Å². The third-order valence-corrected chi connectivity index (χ3v) is 5.12. The molecule has 0 saturated carbocycles. The molecule has 0 aliphatic heterocycles. The van der Waals surface area contributed by atoms with Gasteiger partial charge in [0.2, 0.25) is 12.1 Å². The number of nitrogens with one attached hydrogen (secondary N) is 1. The van der Waals surface area contributed by atoms with E-state index in [-0.39, 0.29) is 31.7 Å². The second-order valence-corrected chi connectivity index (χ2v) is 7.03. The van der Waals surface area contributed by atoms with Crippen LogP contribution in [0.2, 0.25) is 0 Å². The SMILES string of the molecule is CCOP(=O)(CCn1cc(-n2c[n+](C)c(=O)[nH]c2=O)nn1)OCC. The van der Waals surface area contributed by atoms with Gasteiger partial charge < -0.3 is 9.05 Å². The molecule has 2 rings (SSSR count). The molecule has 132 valence electrons. The van der Waals surface area contributed by atoms with Crippen molar-refractivity contribution in [3.63, 3.8) is 0 Å². The Hall–Kier alpha value is -2.10. The molecule has 0 radical (unpaired) electrons. The molecule has 0 spiro atoms. The van der Waals surface area contributed by atoms with E-state index in [1.807, 2.05) is 0 Å². The minimum Gasteiger partial charge on any atom is -0.309 e. The molecule has 0 fully saturated rings. The molecule has 0 amide bonds. The normalized spacial score (nSPS) is 11.8. The minimum atomic E-state index is -3.18. The van der Waals surface area contributed by atoms with Gasteiger partial charge in [0, 0.05) is 0 Å². The van der Waals surface area contributed by atoms with E-state index >= 15 is 0 Å². The first-order valence-corrected chi connectivity index (χ1v) is 9.11. The summed E-state index contributed by atoms with van der Waals surface area (Å²) in [6.45, 7) is 4.28. The number of aryl methyl sites for hydroxylation is 2. The van der Waals surface area contributed by atoms with E-state index in [2.05, 4.69) is 15.3 Å². The van der Waals surface area contributed by atoms with E-state index in [1.165, 1.54) is 28.8 Å². The van der Waals surface area contributed by atoms with Crippen LogP contribution in [-0.2, 0) is 27.2 Å². The van der Waals surface area contributed by atoms with Crippen LogP contribution >= 0.6 is 7.60 Å². The van der Waals surface area contributed by atoms with Crippen LogP contribution < -0.4 is 15.9 Å². The van der Waals surface area contributed by atoms with Crippen molar-refractivity contribution in [2.24, 2.45) is 7.05 Å². The fraction of sp³-hybridized carbons (Fsp3) is 0.583. The molecule has 2 aromatic heterocycles. The van der Waals surface area contributed by atoms with E-state index in [9.17, 15) is 14.2 Å². The van der Waals surface area contributed by atoms with Crippen LogP contribution in [-0.4, -0.2) is 43.9 Å². The predicted molar refractivity (Wildman–Crippen MR) is 83.1 cm³/mol. The molecule has 0 bridgehead atoms. The van der Waals surface area contributed by atoms with Crippen LogP contribution in [0.4, 0.5) is 0 Å². The molecular formula is C12H20N6O5P+. The monoisotopic (exact) mass is 359 g/mol. The lowest BCUT2D eigenvalue weighted by Gasteiger charge is -2.16. The highest BCUT2D eigenvalue weighted by atomic mass is 31.2. The molecule has 0 aliphatic carbocycles. The molecule has 1 N–H and O–H groups in total. The molecule has 0 aliphatic rings. The summed E-state index contributed by atoms with van der Waals surface area (Å²) in [6.07, 6.45) is 2.94. The van der Waals surface area contributed by atoms with Crippen molar-refractivity contribution >= 4 is 7.60 Å². The molecule has 0 aromatic carbocycles. The van der Waals surface area contributed by atoms with E-state index in [1.54, 1.807) is 13.8 Å². The average molecular weight is 359 g/mol. The summed E-state index contributed by atoms with van der Waals surface area (Å²) in [4.78, 5) is 25.3. The maximum Gasteiger partial charge on any atom is 0.452 e. The standard InChI is InChI=1S/C12H19N6O5P/c1-4-22-24(21,23-5-2)7-6-17-8-10(14-15-17)18-9-16(3)11(19)13-12(18)20/h8-9H,4-7H2,1-3H3/p+1. The first-order valence-electron chi connectivity index (χ1n) is 7.38. The van der Waals surface area contributed by atoms with Crippen molar-refractivity contribution < 1.29 is 18.2 Å². The first kappa shape index (κ1) is 18.2. The summed E-state index contributed by atoms with van der Waals surface area (Å²) in [5.41, 5.74) is -1.16.